The molecule has 1 atom stereocenters. The SMILES string of the molecule is Cc1ccc(SC(C)C(=O)Nc2ccc3c(c2F)CCNC3)cc1.Cl. The number of anilines is 1. The summed E-state index contributed by atoms with van der Waals surface area (Å²) in [6.45, 7) is 5.31. The normalized spacial score (nSPS) is 14.2. The molecule has 0 saturated heterocycles. The molecule has 0 aliphatic carbocycles. The van der Waals surface area contributed by atoms with Gasteiger partial charge in [0.15, 0.2) is 0 Å². The zero-order valence-electron chi connectivity index (χ0n) is 14.3. The standard InChI is InChI=1S/C19H21FN2OS.ClH/c1-12-3-6-15(7-4-12)24-13(2)19(23)22-17-8-5-14-11-21-10-9-16(14)18(17)20;/h3-8,13,21H,9-11H2,1-2H3,(H,22,23);1H. The monoisotopic (exact) mass is 380 g/mol. The number of thioether (sulfide) groups is 1. The number of fused-ring (bicyclic) bond motifs is 1. The van der Waals surface area contributed by atoms with Crippen LogP contribution in [0.15, 0.2) is 41.3 Å². The summed E-state index contributed by atoms with van der Waals surface area (Å²) in [7, 11) is 0. The maximum absolute atomic E-state index is 14.6. The molecule has 1 amide bonds. The Morgan fingerprint density at radius 2 is 1.96 bits per heavy atom. The zero-order chi connectivity index (χ0) is 17.1. The summed E-state index contributed by atoms with van der Waals surface area (Å²) >= 11 is 1.47. The summed E-state index contributed by atoms with van der Waals surface area (Å²) in [5.74, 6) is -0.483. The topological polar surface area (TPSA) is 41.1 Å². The van der Waals surface area contributed by atoms with Gasteiger partial charge in [0, 0.05) is 11.4 Å². The van der Waals surface area contributed by atoms with E-state index in [-0.39, 0.29) is 35.1 Å². The first-order chi connectivity index (χ1) is 11.5. The number of amides is 1. The van der Waals surface area contributed by atoms with Crippen LogP contribution in [-0.4, -0.2) is 17.7 Å². The van der Waals surface area contributed by atoms with Crippen LogP contribution >= 0.6 is 24.2 Å². The van der Waals surface area contributed by atoms with Gasteiger partial charge in [0.25, 0.3) is 0 Å². The molecule has 1 heterocycles. The second kappa shape index (κ2) is 8.70. The highest BCUT2D eigenvalue weighted by molar-refractivity contribution is 8.00. The van der Waals surface area contributed by atoms with Gasteiger partial charge in [-0.15, -0.1) is 24.2 Å². The number of carbonyl (C=O) groups is 1. The van der Waals surface area contributed by atoms with Gasteiger partial charge in [0.1, 0.15) is 5.82 Å². The lowest BCUT2D eigenvalue weighted by molar-refractivity contribution is -0.115. The Balaban J connectivity index is 0.00000225. The molecule has 2 aromatic rings. The number of nitrogens with one attached hydrogen (secondary N) is 2. The third kappa shape index (κ3) is 4.75. The molecule has 0 aromatic heterocycles. The van der Waals surface area contributed by atoms with E-state index in [1.165, 1.54) is 17.3 Å². The van der Waals surface area contributed by atoms with E-state index in [4.69, 9.17) is 0 Å². The van der Waals surface area contributed by atoms with Gasteiger partial charge in [-0.25, -0.2) is 4.39 Å². The van der Waals surface area contributed by atoms with Crippen LogP contribution in [0.4, 0.5) is 10.1 Å². The van der Waals surface area contributed by atoms with E-state index in [9.17, 15) is 9.18 Å². The van der Waals surface area contributed by atoms with Gasteiger partial charge in [-0.2, -0.15) is 0 Å². The second-order valence-corrected chi connectivity index (χ2v) is 7.47. The van der Waals surface area contributed by atoms with Crippen molar-refractivity contribution in [2.75, 3.05) is 11.9 Å². The predicted octanol–water partition coefficient (Wildman–Crippen LogP) is 4.32. The lowest BCUT2D eigenvalue weighted by atomic mass is 9.99. The molecule has 2 N–H and O–H groups in total. The van der Waals surface area contributed by atoms with E-state index < -0.39 is 0 Å². The van der Waals surface area contributed by atoms with E-state index in [1.807, 2.05) is 44.2 Å². The second-order valence-electron chi connectivity index (χ2n) is 6.05. The fourth-order valence-corrected chi connectivity index (χ4v) is 3.61. The van der Waals surface area contributed by atoms with Crippen LogP contribution in [0.3, 0.4) is 0 Å². The van der Waals surface area contributed by atoms with Crippen molar-refractivity contribution >= 4 is 35.8 Å². The molecular weight excluding hydrogens is 359 g/mol. The van der Waals surface area contributed by atoms with E-state index in [0.29, 0.717) is 18.5 Å². The predicted molar refractivity (Wildman–Crippen MR) is 104 cm³/mol. The first-order valence-corrected chi connectivity index (χ1v) is 8.97. The smallest absolute Gasteiger partial charge is 0.237 e. The maximum atomic E-state index is 14.6. The highest BCUT2D eigenvalue weighted by Gasteiger charge is 2.20. The first kappa shape index (κ1) is 19.8. The molecule has 25 heavy (non-hydrogen) atoms. The van der Waals surface area contributed by atoms with E-state index in [2.05, 4.69) is 10.6 Å². The number of hydrogen-bond donors (Lipinski definition) is 2. The number of aryl methyl sites for hydroxylation is 1. The Morgan fingerprint density at radius 1 is 1.24 bits per heavy atom. The minimum absolute atomic E-state index is 0. The largest absolute Gasteiger partial charge is 0.323 e. The minimum Gasteiger partial charge on any atom is -0.323 e. The van der Waals surface area contributed by atoms with Crippen molar-refractivity contribution in [3.63, 3.8) is 0 Å². The van der Waals surface area contributed by atoms with Crippen LogP contribution in [-0.2, 0) is 17.8 Å². The van der Waals surface area contributed by atoms with Crippen LogP contribution in [0.2, 0.25) is 0 Å². The highest BCUT2D eigenvalue weighted by atomic mass is 35.5. The number of rotatable bonds is 4. The number of hydrogen-bond acceptors (Lipinski definition) is 3. The number of carbonyl (C=O) groups excluding carboxylic acids is 1. The van der Waals surface area contributed by atoms with E-state index in [1.54, 1.807) is 6.07 Å². The Kier molecular flexibility index (Phi) is 6.87. The van der Waals surface area contributed by atoms with Gasteiger partial charge in [-0.1, -0.05) is 23.8 Å². The molecule has 0 fully saturated rings. The van der Waals surface area contributed by atoms with Crippen molar-refractivity contribution in [1.82, 2.24) is 5.32 Å². The molecule has 3 nitrogen and oxygen atoms in total. The van der Waals surface area contributed by atoms with Crippen molar-refractivity contribution in [3.8, 4) is 0 Å². The summed E-state index contributed by atoms with van der Waals surface area (Å²) in [6.07, 6.45) is 0.651. The Hall–Kier alpha value is -1.56. The lowest BCUT2D eigenvalue weighted by Crippen LogP contribution is -2.26. The molecule has 3 rings (SSSR count). The van der Waals surface area contributed by atoms with Crippen molar-refractivity contribution in [2.24, 2.45) is 0 Å². The molecule has 1 aliphatic rings. The van der Waals surface area contributed by atoms with Crippen LogP contribution in [0.5, 0.6) is 0 Å². The molecule has 134 valence electrons. The highest BCUT2D eigenvalue weighted by Crippen LogP contribution is 2.27. The van der Waals surface area contributed by atoms with Crippen molar-refractivity contribution in [1.29, 1.82) is 0 Å². The Labute approximate surface area is 158 Å². The zero-order valence-corrected chi connectivity index (χ0v) is 15.9. The van der Waals surface area contributed by atoms with Gasteiger partial charge in [0.05, 0.1) is 10.9 Å². The fourth-order valence-electron chi connectivity index (χ4n) is 2.74. The van der Waals surface area contributed by atoms with E-state index in [0.717, 1.165) is 17.0 Å². The van der Waals surface area contributed by atoms with Crippen molar-refractivity contribution in [2.45, 2.75) is 37.0 Å². The van der Waals surface area contributed by atoms with Gasteiger partial charge in [0.2, 0.25) is 5.91 Å². The minimum atomic E-state index is -0.301. The molecule has 0 spiro atoms. The number of halogens is 2. The van der Waals surface area contributed by atoms with Crippen LogP contribution in [0.25, 0.3) is 0 Å². The third-order valence-electron chi connectivity index (χ3n) is 4.17. The first-order valence-electron chi connectivity index (χ1n) is 8.10. The molecule has 0 bridgehead atoms. The van der Waals surface area contributed by atoms with Crippen LogP contribution in [0.1, 0.15) is 23.6 Å². The average molecular weight is 381 g/mol. The Bertz CT molecular complexity index is 752. The fraction of sp³-hybridized carbons (Fsp3) is 0.316. The number of benzene rings is 2. The summed E-state index contributed by atoms with van der Waals surface area (Å²) in [5, 5.41) is 5.66. The lowest BCUT2D eigenvalue weighted by Gasteiger charge is -2.20. The molecule has 0 saturated carbocycles. The summed E-state index contributed by atoms with van der Waals surface area (Å²) in [6, 6.07) is 11.6. The molecule has 0 radical (unpaired) electrons. The van der Waals surface area contributed by atoms with Crippen molar-refractivity contribution < 1.29 is 9.18 Å². The maximum Gasteiger partial charge on any atom is 0.237 e. The molecular formula is C19H22ClFN2OS. The molecule has 2 aromatic carbocycles. The van der Waals surface area contributed by atoms with Gasteiger partial charge < -0.3 is 10.6 Å². The summed E-state index contributed by atoms with van der Waals surface area (Å²) < 4.78 is 14.6. The van der Waals surface area contributed by atoms with Crippen LogP contribution in [0, 0.1) is 12.7 Å². The van der Waals surface area contributed by atoms with Gasteiger partial charge in [-0.3, -0.25) is 4.79 Å². The van der Waals surface area contributed by atoms with Gasteiger partial charge in [-0.05, 0) is 56.1 Å². The average Bonchev–Trinajstić information content (AvgIpc) is 2.59. The van der Waals surface area contributed by atoms with Gasteiger partial charge >= 0.3 is 0 Å². The Morgan fingerprint density at radius 3 is 2.68 bits per heavy atom. The molecule has 1 aliphatic heterocycles. The molecule has 6 heteroatoms. The quantitative estimate of drug-likeness (QED) is 0.776. The van der Waals surface area contributed by atoms with Crippen molar-refractivity contribution in [3.05, 3.63) is 58.9 Å². The van der Waals surface area contributed by atoms with Crippen LogP contribution < -0.4 is 10.6 Å². The molecule has 1 unspecified atom stereocenters. The summed E-state index contributed by atoms with van der Waals surface area (Å²) in [5.41, 5.74) is 3.14. The summed E-state index contributed by atoms with van der Waals surface area (Å²) in [4.78, 5) is 13.4. The van der Waals surface area contributed by atoms with E-state index >= 15 is 0 Å². The third-order valence-corrected chi connectivity index (χ3v) is 5.28.